The van der Waals surface area contributed by atoms with Crippen molar-refractivity contribution in [1.82, 2.24) is 9.47 Å². The number of likely N-dealkylation sites (tertiary alicyclic amines) is 1. The fourth-order valence-electron chi connectivity index (χ4n) is 4.15. The second-order valence-corrected chi connectivity index (χ2v) is 9.20. The van der Waals surface area contributed by atoms with Crippen LogP contribution in [0, 0.1) is 11.6 Å². The van der Waals surface area contributed by atoms with Crippen LogP contribution in [-0.2, 0) is 16.7 Å². The van der Waals surface area contributed by atoms with Crippen molar-refractivity contribution < 1.29 is 21.4 Å². The number of piperidine rings is 1. The summed E-state index contributed by atoms with van der Waals surface area (Å²) in [5.41, 5.74) is 2.13. The molecule has 8 heteroatoms. The lowest BCUT2D eigenvalue weighted by atomic mass is 9.89. The van der Waals surface area contributed by atoms with Crippen LogP contribution in [0.2, 0.25) is 0 Å². The van der Waals surface area contributed by atoms with E-state index in [2.05, 4.69) is 22.7 Å². The number of nitrogens with zero attached hydrogens (tertiary/aromatic N) is 2. The maximum Gasteiger partial charge on any atom is 0.345 e. The van der Waals surface area contributed by atoms with Crippen molar-refractivity contribution in [3.63, 3.8) is 0 Å². The van der Waals surface area contributed by atoms with E-state index in [9.17, 15) is 17.2 Å². The van der Waals surface area contributed by atoms with E-state index in [0.717, 1.165) is 67.1 Å². The van der Waals surface area contributed by atoms with Gasteiger partial charge in [0.05, 0.1) is 0 Å². The summed E-state index contributed by atoms with van der Waals surface area (Å²) in [6, 6.07) is 7.86. The molecule has 1 aliphatic rings. The van der Waals surface area contributed by atoms with Crippen LogP contribution in [0.1, 0.15) is 31.2 Å². The number of fused-ring (bicyclic) bond motifs is 1. The molecule has 0 N–H and O–H groups in total. The molecule has 30 heavy (non-hydrogen) atoms. The SMILES string of the molecule is CCn1cc(C2CCN(C)CC2)c2cc(OS(=O)(=O)c3c(F)cccc3F)ccc21. The van der Waals surface area contributed by atoms with E-state index in [-0.39, 0.29) is 5.75 Å². The molecular formula is C22H24F2N2O3S. The zero-order chi connectivity index (χ0) is 21.5. The van der Waals surface area contributed by atoms with E-state index in [1.54, 1.807) is 12.1 Å². The van der Waals surface area contributed by atoms with Gasteiger partial charge < -0.3 is 13.7 Å². The molecule has 0 spiro atoms. The summed E-state index contributed by atoms with van der Waals surface area (Å²) in [6.07, 6.45) is 4.15. The second kappa shape index (κ2) is 8.00. The standard InChI is InChI=1S/C22H24F2N2O3S/c1-3-26-14-18(15-9-11-25(2)12-10-15)17-13-16(7-8-21(17)26)29-30(27,28)22-19(23)5-4-6-20(22)24/h4-8,13-15H,3,9-12H2,1-2H3. The lowest BCUT2D eigenvalue weighted by molar-refractivity contribution is 0.256. The zero-order valence-electron chi connectivity index (χ0n) is 16.9. The predicted octanol–water partition coefficient (Wildman–Crippen LogP) is 4.52. The Kier molecular flexibility index (Phi) is 5.55. The van der Waals surface area contributed by atoms with E-state index < -0.39 is 26.6 Å². The molecule has 0 atom stereocenters. The van der Waals surface area contributed by atoms with Gasteiger partial charge in [0.15, 0.2) is 4.90 Å². The van der Waals surface area contributed by atoms with E-state index in [4.69, 9.17) is 4.18 Å². The molecule has 5 nitrogen and oxygen atoms in total. The average molecular weight is 435 g/mol. The highest BCUT2D eigenvalue weighted by Gasteiger charge is 2.27. The fourth-order valence-corrected chi connectivity index (χ4v) is 5.21. The Labute approximate surface area is 175 Å². The first-order chi connectivity index (χ1) is 14.3. The van der Waals surface area contributed by atoms with Crippen LogP contribution in [0.5, 0.6) is 5.75 Å². The van der Waals surface area contributed by atoms with E-state index >= 15 is 0 Å². The molecule has 0 unspecified atom stereocenters. The molecule has 1 saturated heterocycles. The van der Waals surface area contributed by atoms with Gasteiger partial charge in [-0.3, -0.25) is 0 Å². The molecule has 0 saturated carbocycles. The van der Waals surface area contributed by atoms with Crippen LogP contribution < -0.4 is 4.18 Å². The smallest absolute Gasteiger partial charge is 0.345 e. The third-order valence-electron chi connectivity index (χ3n) is 5.76. The summed E-state index contributed by atoms with van der Waals surface area (Å²) in [7, 11) is -2.55. The van der Waals surface area contributed by atoms with E-state index in [1.807, 2.05) is 6.92 Å². The van der Waals surface area contributed by atoms with Crippen molar-refractivity contribution in [3.05, 3.63) is 59.8 Å². The van der Waals surface area contributed by atoms with Crippen molar-refractivity contribution in [1.29, 1.82) is 0 Å². The van der Waals surface area contributed by atoms with Crippen molar-refractivity contribution in [2.75, 3.05) is 20.1 Å². The van der Waals surface area contributed by atoms with E-state index in [1.165, 1.54) is 6.07 Å². The summed E-state index contributed by atoms with van der Waals surface area (Å²) in [5, 5.41) is 0.910. The second-order valence-electron chi connectivity index (χ2n) is 7.72. The molecule has 0 radical (unpaired) electrons. The highest BCUT2D eigenvalue weighted by molar-refractivity contribution is 7.87. The van der Waals surface area contributed by atoms with Crippen molar-refractivity contribution >= 4 is 21.0 Å². The summed E-state index contributed by atoms with van der Waals surface area (Å²) in [4.78, 5) is 1.21. The van der Waals surface area contributed by atoms with Crippen LogP contribution in [-0.4, -0.2) is 38.0 Å². The zero-order valence-corrected chi connectivity index (χ0v) is 17.8. The predicted molar refractivity (Wildman–Crippen MR) is 111 cm³/mol. The number of benzene rings is 2. The lowest BCUT2D eigenvalue weighted by Crippen LogP contribution is -2.29. The van der Waals surface area contributed by atoms with Gasteiger partial charge in [-0.05, 0) is 81.7 Å². The van der Waals surface area contributed by atoms with Gasteiger partial charge >= 0.3 is 10.1 Å². The van der Waals surface area contributed by atoms with Crippen LogP contribution >= 0.6 is 0 Å². The number of halogens is 2. The fraction of sp³-hybridized carbons (Fsp3) is 0.364. The van der Waals surface area contributed by atoms with Crippen molar-refractivity contribution in [2.24, 2.45) is 0 Å². The molecule has 0 amide bonds. The normalized spacial score (nSPS) is 16.3. The van der Waals surface area contributed by atoms with Gasteiger partial charge in [0.25, 0.3) is 0 Å². The molecule has 1 fully saturated rings. The molecule has 2 aromatic carbocycles. The summed E-state index contributed by atoms with van der Waals surface area (Å²) < 4.78 is 60.3. The topological polar surface area (TPSA) is 51.5 Å². The first-order valence-corrected chi connectivity index (χ1v) is 11.4. The van der Waals surface area contributed by atoms with Gasteiger partial charge in [0.2, 0.25) is 0 Å². The maximum atomic E-state index is 14.0. The molecule has 3 aromatic rings. The minimum Gasteiger partial charge on any atom is -0.379 e. The Bertz CT molecular complexity index is 1160. The van der Waals surface area contributed by atoms with E-state index in [0.29, 0.717) is 5.92 Å². The Hall–Kier alpha value is -2.45. The lowest BCUT2D eigenvalue weighted by Gasteiger charge is -2.28. The molecule has 1 aliphatic heterocycles. The molecular weight excluding hydrogens is 410 g/mol. The van der Waals surface area contributed by atoms with Crippen LogP contribution in [0.3, 0.4) is 0 Å². The number of hydrogen-bond acceptors (Lipinski definition) is 4. The van der Waals surface area contributed by atoms with Gasteiger partial charge in [0.1, 0.15) is 17.4 Å². The first-order valence-electron chi connectivity index (χ1n) is 10.00. The first kappa shape index (κ1) is 20.8. The Morgan fingerprint density at radius 3 is 2.40 bits per heavy atom. The maximum absolute atomic E-state index is 14.0. The molecule has 0 aliphatic carbocycles. The number of aromatic nitrogens is 1. The highest BCUT2D eigenvalue weighted by Crippen LogP contribution is 2.36. The molecule has 2 heterocycles. The number of aryl methyl sites for hydroxylation is 1. The highest BCUT2D eigenvalue weighted by atomic mass is 32.2. The third kappa shape index (κ3) is 3.81. The summed E-state index contributed by atoms with van der Waals surface area (Å²) in [6.45, 7) is 4.83. The number of rotatable bonds is 5. The Morgan fingerprint density at radius 1 is 1.10 bits per heavy atom. The minimum absolute atomic E-state index is 0.0354. The molecule has 1 aromatic heterocycles. The van der Waals surface area contributed by atoms with Gasteiger partial charge in [-0.25, -0.2) is 8.78 Å². The molecule has 160 valence electrons. The van der Waals surface area contributed by atoms with Gasteiger partial charge in [-0.2, -0.15) is 8.42 Å². The van der Waals surface area contributed by atoms with Gasteiger partial charge in [-0.15, -0.1) is 0 Å². The van der Waals surface area contributed by atoms with Crippen LogP contribution in [0.4, 0.5) is 8.78 Å². The van der Waals surface area contributed by atoms with Gasteiger partial charge in [-0.1, -0.05) is 6.07 Å². The third-order valence-corrected chi connectivity index (χ3v) is 7.06. The summed E-state index contributed by atoms with van der Waals surface area (Å²) >= 11 is 0. The molecule has 4 rings (SSSR count). The quantitative estimate of drug-likeness (QED) is 0.554. The van der Waals surface area contributed by atoms with Crippen molar-refractivity contribution in [3.8, 4) is 5.75 Å². The Morgan fingerprint density at radius 2 is 1.77 bits per heavy atom. The molecule has 0 bridgehead atoms. The summed E-state index contributed by atoms with van der Waals surface area (Å²) in [5.74, 6) is -1.96. The monoisotopic (exact) mass is 434 g/mol. The van der Waals surface area contributed by atoms with Crippen molar-refractivity contribution in [2.45, 2.75) is 37.1 Å². The minimum atomic E-state index is -4.65. The Balaban J connectivity index is 1.73. The van der Waals surface area contributed by atoms with Crippen LogP contribution in [0.25, 0.3) is 10.9 Å². The van der Waals surface area contributed by atoms with Crippen LogP contribution in [0.15, 0.2) is 47.5 Å². The average Bonchev–Trinajstić information content (AvgIpc) is 3.06. The number of hydrogen-bond donors (Lipinski definition) is 0. The largest absolute Gasteiger partial charge is 0.379 e. The van der Waals surface area contributed by atoms with Gasteiger partial charge in [0, 0.05) is 23.6 Å².